The molecule has 0 aliphatic rings. The third-order valence-electron chi connectivity index (χ3n) is 19.1. The number of carbonyl (C=O) groups is 3. The van der Waals surface area contributed by atoms with Gasteiger partial charge >= 0.3 is 17.9 Å². The lowest BCUT2D eigenvalue weighted by Crippen LogP contribution is -2.40. The Kier molecular flexibility index (Phi) is 74.8. The summed E-state index contributed by atoms with van der Waals surface area (Å²) in [6, 6.07) is 0. The number of ether oxygens (including phenoxy) is 4. The Labute approximate surface area is 591 Å². The molecule has 558 valence electrons. The van der Waals surface area contributed by atoms with Crippen molar-refractivity contribution in [2.45, 2.75) is 437 Å². The van der Waals surface area contributed by atoms with Crippen molar-refractivity contribution in [1.82, 2.24) is 0 Å². The molecule has 9 nitrogen and oxygen atoms in total. The molecule has 0 radical (unpaired) electrons. The van der Waals surface area contributed by atoms with Gasteiger partial charge in [0.05, 0.1) is 34.4 Å². The summed E-state index contributed by atoms with van der Waals surface area (Å²) in [5.74, 6) is -1.97. The standard InChI is InChI=1S/C86H161NO8/c1-6-8-10-12-14-16-18-20-22-24-26-28-30-32-34-36-38-39-40-41-42-43-44-45-47-48-50-52-54-56-58-60-62-64-66-68-70-72-74-76-83(88)93-80-82(81-94-86(85(90)91)92-79-78-87(3,4)5)95-84(89)77-75-73-71-69-67-65-63-61-59-57-55-53-51-49-46-37-35-33-31-29-27-25-23-21-19-17-15-13-11-9-7-2/h19,21,24-27,31,33,82,86H,6-18,20,22-23,28-30,32,34-81H2,1-5H3/p+1/b21-19-,26-24-,27-25-,33-31-. The smallest absolute Gasteiger partial charge is 0.361 e. The number of carboxylic acid groups (broad SMARTS) is 1. The number of esters is 2. The quantitative estimate of drug-likeness (QED) is 0.0211. The molecule has 0 spiro atoms. The molecule has 0 aromatic carbocycles. The van der Waals surface area contributed by atoms with E-state index in [-0.39, 0.29) is 38.2 Å². The van der Waals surface area contributed by atoms with Gasteiger partial charge in [-0.15, -0.1) is 0 Å². The average Bonchev–Trinajstić information content (AvgIpc) is 3.24. The van der Waals surface area contributed by atoms with Crippen LogP contribution in [0.5, 0.6) is 0 Å². The molecule has 0 saturated heterocycles. The van der Waals surface area contributed by atoms with Gasteiger partial charge in [-0.05, 0) is 77.0 Å². The first-order chi connectivity index (χ1) is 46.6. The van der Waals surface area contributed by atoms with Crippen molar-refractivity contribution in [1.29, 1.82) is 0 Å². The predicted octanol–water partition coefficient (Wildman–Crippen LogP) is 26.8. The van der Waals surface area contributed by atoms with Gasteiger partial charge in [0.2, 0.25) is 0 Å². The number of carbonyl (C=O) groups excluding carboxylic acids is 2. The van der Waals surface area contributed by atoms with Crippen molar-refractivity contribution in [3.8, 4) is 0 Å². The fraction of sp³-hybridized carbons (Fsp3) is 0.872. The first-order valence-corrected chi connectivity index (χ1v) is 41.8. The highest BCUT2D eigenvalue weighted by atomic mass is 16.7. The maximum Gasteiger partial charge on any atom is 0.361 e. The van der Waals surface area contributed by atoms with Crippen LogP contribution in [0.4, 0.5) is 0 Å². The van der Waals surface area contributed by atoms with Gasteiger partial charge < -0.3 is 28.5 Å². The summed E-state index contributed by atoms with van der Waals surface area (Å²) in [6.45, 7) is 4.94. The molecule has 1 N–H and O–H groups in total. The van der Waals surface area contributed by atoms with Gasteiger partial charge in [-0.25, -0.2) is 4.79 Å². The lowest BCUT2D eigenvalue weighted by Gasteiger charge is -2.25. The molecule has 95 heavy (non-hydrogen) atoms. The Morgan fingerprint density at radius 1 is 0.316 bits per heavy atom. The molecule has 0 saturated carbocycles. The van der Waals surface area contributed by atoms with E-state index in [2.05, 4.69) is 62.5 Å². The predicted molar refractivity (Wildman–Crippen MR) is 410 cm³/mol. The van der Waals surface area contributed by atoms with Gasteiger partial charge in [-0.1, -0.05) is 383 Å². The van der Waals surface area contributed by atoms with Gasteiger partial charge in [-0.3, -0.25) is 9.59 Å². The number of hydrogen-bond donors (Lipinski definition) is 1. The van der Waals surface area contributed by atoms with Crippen LogP contribution in [0, 0.1) is 0 Å². The van der Waals surface area contributed by atoms with Crippen LogP contribution in [0.2, 0.25) is 0 Å². The van der Waals surface area contributed by atoms with Gasteiger partial charge in [0.15, 0.2) is 6.10 Å². The summed E-state index contributed by atoms with van der Waals surface area (Å²) in [7, 11) is 6.00. The zero-order valence-electron chi connectivity index (χ0n) is 64.1. The Hall–Kier alpha value is -2.75. The highest BCUT2D eigenvalue weighted by Gasteiger charge is 2.25. The summed E-state index contributed by atoms with van der Waals surface area (Å²) < 4.78 is 23.1. The van der Waals surface area contributed by atoms with Crippen LogP contribution < -0.4 is 0 Å². The van der Waals surface area contributed by atoms with E-state index in [1.807, 2.05) is 21.1 Å². The highest BCUT2D eigenvalue weighted by Crippen LogP contribution is 2.20. The van der Waals surface area contributed by atoms with E-state index in [1.54, 1.807) is 0 Å². The average molecular weight is 1340 g/mol. The Morgan fingerprint density at radius 3 is 0.853 bits per heavy atom. The minimum absolute atomic E-state index is 0.177. The highest BCUT2D eigenvalue weighted by molar-refractivity contribution is 5.71. The van der Waals surface area contributed by atoms with Crippen molar-refractivity contribution < 1.29 is 42.9 Å². The second-order valence-electron chi connectivity index (χ2n) is 29.8. The molecule has 0 amide bonds. The Morgan fingerprint density at radius 2 is 0.568 bits per heavy atom. The van der Waals surface area contributed by atoms with Crippen molar-refractivity contribution in [2.24, 2.45) is 0 Å². The molecule has 2 unspecified atom stereocenters. The first-order valence-electron chi connectivity index (χ1n) is 41.8. The second kappa shape index (κ2) is 77.0. The minimum atomic E-state index is -1.51. The molecule has 0 rings (SSSR count). The molecular formula is C86H162NO8+. The van der Waals surface area contributed by atoms with Crippen molar-refractivity contribution in [3.63, 3.8) is 0 Å². The number of allylic oxidation sites excluding steroid dienone is 8. The second-order valence-corrected chi connectivity index (χ2v) is 29.8. The number of carboxylic acids is 1. The number of likely N-dealkylation sites (N-methyl/N-ethyl adjacent to an activating group) is 1. The summed E-state index contributed by atoms with van der Waals surface area (Å²) in [6.07, 6.45) is 98.6. The maximum absolute atomic E-state index is 13.0. The lowest BCUT2D eigenvalue weighted by molar-refractivity contribution is -0.870. The van der Waals surface area contributed by atoms with Crippen LogP contribution in [-0.4, -0.2) is 87.4 Å². The van der Waals surface area contributed by atoms with Crippen molar-refractivity contribution in [2.75, 3.05) is 47.5 Å². The van der Waals surface area contributed by atoms with E-state index in [9.17, 15) is 19.5 Å². The zero-order valence-corrected chi connectivity index (χ0v) is 64.1. The topological polar surface area (TPSA) is 108 Å². The number of nitrogens with zero attached hydrogens (tertiary/aromatic N) is 1. The molecule has 0 bridgehead atoms. The fourth-order valence-corrected chi connectivity index (χ4v) is 12.7. The molecule has 2 atom stereocenters. The lowest BCUT2D eigenvalue weighted by atomic mass is 10.0. The van der Waals surface area contributed by atoms with Crippen LogP contribution >= 0.6 is 0 Å². The molecule has 0 fully saturated rings. The molecule has 0 heterocycles. The third kappa shape index (κ3) is 78.5. The molecule has 0 aliphatic carbocycles. The van der Waals surface area contributed by atoms with E-state index in [4.69, 9.17) is 18.9 Å². The molecule has 9 heteroatoms. The zero-order chi connectivity index (χ0) is 69.0. The fourth-order valence-electron chi connectivity index (χ4n) is 12.7. The summed E-state index contributed by atoms with van der Waals surface area (Å²) in [4.78, 5) is 37.8. The van der Waals surface area contributed by atoms with Crippen LogP contribution in [0.15, 0.2) is 48.6 Å². The molecule has 0 aromatic heterocycles. The van der Waals surface area contributed by atoms with Gasteiger partial charge in [0, 0.05) is 12.8 Å². The normalized spacial score (nSPS) is 12.8. The summed E-state index contributed by atoms with van der Waals surface area (Å²) >= 11 is 0. The Bertz CT molecular complexity index is 1700. The Balaban J connectivity index is 3.94. The van der Waals surface area contributed by atoms with Crippen LogP contribution in [0.25, 0.3) is 0 Å². The van der Waals surface area contributed by atoms with Gasteiger partial charge in [0.25, 0.3) is 6.29 Å². The third-order valence-corrected chi connectivity index (χ3v) is 19.1. The SMILES string of the molecule is CCCCCCC/C=C\C/C=C\C/C=C\CCCCCCCCCCCCCCCCCCC(=O)OC(COC(=O)CCCCCCCCCCCCCCCCCCCCCCCCCCCCC/C=C\CCCCCCCCCC)COC(OCC[N+](C)(C)C)C(=O)O. The number of hydrogen-bond acceptors (Lipinski definition) is 7. The summed E-state index contributed by atoms with van der Waals surface area (Å²) in [5, 5.41) is 9.78. The van der Waals surface area contributed by atoms with E-state index in [1.165, 1.54) is 347 Å². The van der Waals surface area contributed by atoms with Crippen molar-refractivity contribution >= 4 is 17.9 Å². The number of unbranched alkanes of at least 4 members (excludes halogenated alkanes) is 56. The van der Waals surface area contributed by atoms with Crippen LogP contribution in [0.3, 0.4) is 0 Å². The number of rotatable bonds is 79. The monoisotopic (exact) mass is 1340 g/mol. The van der Waals surface area contributed by atoms with Gasteiger partial charge in [-0.2, -0.15) is 0 Å². The number of aliphatic carboxylic acids is 1. The van der Waals surface area contributed by atoms with Crippen LogP contribution in [-0.2, 0) is 33.3 Å². The van der Waals surface area contributed by atoms with Crippen LogP contribution in [0.1, 0.15) is 425 Å². The van der Waals surface area contributed by atoms with E-state index >= 15 is 0 Å². The minimum Gasteiger partial charge on any atom is -0.477 e. The molecule has 0 aromatic rings. The van der Waals surface area contributed by atoms with Crippen molar-refractivity contribution in [3.05, 3.63) is 48.6 Å². The largest absolute Gasteiger partial charge is 0.477 e. The van der Waals surface area contributed by atoms with E-state index < -0.39 is 18.4 Å². The van der Waals surface area contributed by atoms with Gasteiger partial charge in [0.1, 0.15) is 13.2 Å². The van der Waals surface area contributed by atoms with E-state index in [0.717, 1.165) is 51.4 Å². The molecule has 0 aliphatic heterocycles. The maximum atomic E-state index is 13.0. The number of quaternary nitrogens is 1. The molecular weight excluding hydrogens is 1170 g/mol. The summed E-state index contributed by atoms with van der Waals surface area (Å²) in [5.41, 5.74) is 0. The van der Waals surface area contributed by atoms with E-state index in [0.29, 0.717) is 17.4 Å². The first kappa shape index (κ1) is 92.2.